The zero-order valence-corrected chi connectivity index (χ0v) is 9.77. The van der Waals surface area contributed by atoms with Crippen LogP contribution in [0.15, 0.2) is 34.7 Å². The lowest BCUT2D eigenvalue weighted by Gasteiger charge is -2.08. The van der Waals surface area contributed by atoms with Crippen LogP contribution in [0.5, 0.6) is 0 Å². The van der Waals surface area contributed by atoms with Gasteiger partial charge in [0.05, 0.1) is 0 Å². The van der Waals surface area contributed by atoms with Gasteiger partial charge >= 0.3 is 0 Å². The Labute approximate surface area is 99.8 Å². The second-order valence-electron chi connectivity index (χ2n) is 4.03. The quantitative estimate of drug-likeness (QED) is 0.846. The second kappa shape index (κ2) is 5.01. The molecule has 2 aromatic rings. The van der Waals surface area contributed by atoms with Crippen molar-refractivity contribution in [2.45, 2.75) is 19.4 Å². The molecule has 17 heavy (non-hydrogen) atoms. The highest BCUT2D eigenvalue weighted by Crippen LogP contribution is 2.18. The highest BCUT2D eigenvalue weighted by Gasteiger charge is 2.12. The Kier molecular flexibility index (Phi) is 3.44. The number of carbonyl (C=O) groups excluding carboxylic acids is 1. The first-order valence-electron chi connectivity index (χ1n) is 5.73. The van der Waals surface area contributed by atoms with E-state index in [0.717, 1.165) is 17.4 Å². The minimum absolute atomic E-state index is 0.0108. The Morgan fingerprint density at radius 2 is 2.24 bits per heavy atom. The van der Waals surface area contributed by atoms with Crippen molar-refractivity contribution in [1.29, 1.82) is 0 Å². The van der Waals surface area contributed by atoms with E-state index in [4.69, 9.17) is 10.2 Å². The van der Waals surface area contributed by atoms with Gasteiger partial charge in [0.1, 0.15) is 5.58 Å². The van der Waals surface area contributed by atoms with Crippen LogP contribution in [0, 0.1) is 0 Å². The van der Waals surface area contributed by atoms with Gasteiger partial charge in [-0.25, -0.2) is 0 Å². The van der Waals surface area contributed by atoms with Crippen molar-refractivity contribution in [2.75, 3.05) is 6.54 Å². The number of benzene rings is 1. The van der Waals surface area contributed by atoms with E-state index in [1.165, 1.54) is 0 Å². The molecule has 3 N–H and O–H groups in total. The van der Waals surface area contributed by atoms with Crippen molar-refractivity contribution in [2.24, 2.45) is 5.73 Å². The monoisotopic (exact) mass is 232 g/mol. The molecule has 0 aliphatic carbocycles. The largest absolute Gasteiger partial charge is 0.451 e. The van der Waals surface area contributed by atoms with E-state index in [1.807, 2.05) is 31.2 Å². The number of para-hydroxylation sites is 1. The molecule has 4 heteroatoms. The third-order valence-corrected chi connectivity index (χ3v) is 2.70. The molecule has 1 aromatic heterocycles. The number of amides is 1. The number of rotatable bonds is 4. The molecule has 0 fully saturated rings. The molecule has 1 atom stereocenters. The average Bonchev–Trinajstić information content (AvgIpc) is 2.79. The first kappa shape index (κ1) is 11.7. The van der Waals surface area contributed by atoms with Gasteiger partial charge in [-0.15, -0.1) is 0 Å². The van der Waals surface area contributed by atoms with Crippen LogP contribution < -0.4 is 11.1 Å². The number of hydrogen-bond acceptors (Lipinski definition) is 3. The summed E-state index contributed by atoms with van der Waals surface area (Å²) in [5, 5.41) is 3.68. The maximum absolute atomic E-state index is 11.8. The highest BCUT2D eigenvalue weighted by molar-refractivity contribution is 5.96. The van der Waals surface area contributed by atoms with Crippen molar-refractivity contribution in [3.63, 3.8) is 0 Å². The van der Waals surface area contributed by atoms with Gasteiger partial charge in [0, 0.05) is 18.0 Å². The van der Waals surface area contributed by atoms with Crippen LogP contribution in [0.4, 0.5) is 0 Å². The SMILES string of the molecule is CCC(N)CNC(=O)c1cc2ccccc2o1. The Hall–Kier alpha value is -1.81. The molecule has 1 amide bonds. The van der Waals surface area contributed by atoms with Crippen LogP contribution in [0.25, 0.3) is 11.0 Å². The van der Waals surface area contributed by atoms with Gasteiger partial charge in [0.25, 0.3) is 5.91 Å². The van der Waals surface area contributed by atoms with Crippen LogP contribution >= 0.6 is 0 Å². The van der Waals surface area contributed by atoms with E-state index in [-0.39, 0.29) is 11.9 Å². The van der Waals surface area contributed by atoms with Crippen molar-refractivity contribution in [3.05, 3.63) is 36.1 Å². The Morgan fingerprint density at radius 3 is 2.94 bits per heavy atom. The van der Waals surface area contributed by atoms with E-state index in [0.29, 0.717) is 12.3 Å². The fourth-order valence-corrected chi connectivity index (χ4v) is 1.55. The summed E-state index contributed by atoms with van der Waals surface area (Å²) >= 11 is 0. The Bertz CT molecular complexity index is 486. The summed E-state index contributed by atoms with van der Waals surface area (Å²) in [4.78, 5) is 11.8. The summed E-state index contributed by atoms with van der Waals surface area (Å²) in [5.41, 5.74) is 6.45. The van der Waals surface area contributed by atoms with E-state index in [2.05, 4.69) is 5.32 Å². The molecule has 1 unspecified atom stereocenters. The fraction of sp³-hybridized carbons (Fsp3) is 0.308. The van der Waals surface area contributed by atoms with Gasteiger partial charge in [-0.05, 0) is 18.6 Å². The normalized spacial score (nSPS) is 12.6. The van der Waals surface area contributed by atoms with E-state index in [9.17, 15) is 4.79 Å². The third-order valence-electron chi connectivity index (χ3n) is 2.70. The molecule has 1 aromatic carbocycles. The van der Waals surface area contributed by atoms with Crippen LogP contribution in [-0.4, -0.2) is 18.5 Å². The molecule has 1 heterocycles. The van der Waals surface area contributed by atoms with Crippen molar-refractivity contribution >= 4 is 16.9 Å². The highest BCUT2D eigenvalue weighted by atomic mass is 16.3. The maximum atomic E-state index is 11.8. The molecule has 0 saturated carbocycles. The van der Waals surface area contributed by atoms with Crippen LogP contribution in [0.2, 0.25) is 0 Å². The van der Waals surface area contributed by atoms with Gasteiger partial charge in [0.2, 0.25) is 0 Å². The zero-order chi connectivity index (χ0) is 12.3. The molecule has 0 aliphatic heterocycles. The number of fused-ring (bicyclic) bond motifs is 1. The first-order chi connectivity index (χ1) is 8.20. The lowest BCUT2D eigenvalue weighted by molar-refractivity contribution is 0.0925. The van der Waals surface area contributed by atoms with Crippen LogP contribution in [0.1, 0.15) is 23.9 Å². The Balaban J connectivity index is 2.08. The Morgan fingerprint density at radius 1 is 1.47 bits per heavy atom. The average molecular weight is 232 g/mol. The van der Waals surface area contributed by atoms with Gasteiger partial charge in [-0.1, -0.05) is 25.1 Å². The van der Waals surface area contributed by atoms with Crippen molar-refractivity contribution in [1.82, 2.24) is 5.32 Å². The number of carbonyl (C=O) groups is 1. The van der Waals surface area contributed by atoms with Gasteiger partial charge < -0.3 is 15.5 Å². The minimum Gasteiger partial charge on any atom is -0.451 e. The molecule has 0 radical (unpaired) electrons. The summed E-state index contributed by atoms with van der Waals surface area (Å²) in [5.74, 6) is 0.111. The lowest BCUT2D eigenvalue weighted by Crippen LogP contribution is -2.36. The number of nitrogens with one attached hydrogen (secondary N) is 1. The van der Waals surface area contributed by atoms with Gasteiger partial charge in [0.15, 0.2) is 5.76 Å². The summed E-state index contributed by atoms with van der Waals surface area (Å²) < 4.78 is 5.44. The predicted octanol–water partition coefficient (Wildman–Crippen LogP) is 1.90. The summed E-state index contributed by atoms with van der Waals surface area (Å²) in [6.07, 6.45) is 0.834. The third kappa shape index (κ3) is 2.65. The molecular formula is C13H16N2O2. The standard InChI is InChI=1S/C13H16N2O2/c1-2-10(14)8-15-13(16)12-7-9-5-3-4-6-11(9)17-12/h3-7,10H,2,8,14H2,1H3,(H,15,16). The molecule has 90 valence electrons. The molecule has 0 saturated heterocycles. The molecule has 2 rings (SSSR count). The minimum atomic E-state index is -0.218. The molecule has 0 aliphatic rings. The molecule has 0 bridgehead atoms. The topological polar surface area (TPSA) is 68.3 Å². The van der Waals surface area contributed by atoms with E-state index >= 15 is 0 Å². The maximum Gasteiger partial charge on any atom is 0.287 e. The van der Waals surface area contributed by atoms with Crippen molar-refractivity contribution in [3.8, 4) is 0 Å². The zero-order valence-electron chi connectivity index (χ0n) is 9.77. The number of furan rings is 1. The summed E-state index contributed by atoms with van der Waals surface area (Å²) in [6, 6.07) is 9.26. The smallest absolute Gasteiger partial charge is 0.287 e. The van der Waals surface area contributed by atoms with Crippen LogP contribution in [-0.2, 0) is 0 Å². The number of hydrogen-bond donors (Lipinski definition) is 2. The number of nitrogens with two attached hydrogens (primary N) is 1. The summed E-state index contributed by atoms with van der Waals surface area (Å²) in [6.45, 7) is 2.45. The molecular weight excluding hydrogens is 216 g/mol. The molecule has 0 spiro atoms. The van der Waals surface area contributed by atoms with Gasteiger partial charge in [-0.3, -0.25) is 4.79 Å². The van der Waals surface area contributed by atoms with Crippen molar-refractivity contribution < 1.29 is 9.21 Å². The summed E-state index contributed by atoms with van der Waals surface area (Å²) in [7, 11) is 0. The predicted molar refractivity (Wildman–Crippen MR) is 66.8 cm³/mol. The lowest BCUT2D eigenvalue weighted by atomic mass is 10.2. The first-order valence-corrected chi connectivity index (χ1v) is 5.73. The molecule has 4 nitrogen and oxygen atoms in total. The van der Waals surface area contributed by atoms with E-state index < -0.39 is 0 Å². The second-order valence-corrected chi connectivity index (χ2v) is 4.03. The van der Waals surface area contributed by atoms with Crippen LogP contribution in [0.3, 0.4) is 0 Å². The fourth-order valence-electron chi connectivity index (χ4n) is 1.55. The van der Waals surface area contributed by atoms with Gasteiger partial charge in [-0.2, -0.15) is 0 Å². The van der Waals surface area contributed by atoms with E-state index in [1.54, 1.807) is 6.07 Å².